The van der Waals surface area contributed by atoms with Crippen molar-refractivity contribution in [3.63, 3.8) is 0 Å². The molecule has 3 rings (SSSR count). The first-order chi connectivity index (χ1) is 24.6. The normalized spacial score (nSPS) is 18.1. The Hall–Kier alpha value is -2.96. The maximum absolute atomic E-state index is 13.7. The summed E-state index contributed by atoms with van der Waals surface area (Å²) in [4.78, 5) is 30.7. The van der Waals surface area contributed by atoms with Gasteiger partial charge in [-0.25, -0.2) is 16.8 Å². The molecule has 0 spiro atoms. The fourth-order valence-corrected chi connectivity index (χ4v) is 7.92. The Morgan fingerprint density at radius 2 is 0.788 bits per heavy atom. The second-order valence-electron chi connectivity index (χ2n) is 13.4. The van der Waals surface area contributed by atoms with E-state index in [-0.39, 0.29) is 112 Å². The van der Waals surface area contributed by atoms with E-state index in [1.165, 1.54) is 34.1 Å². The SMILES string of the molecule is Cc1ccc(S(=O)(=O)N[C@H](C(=O)N2CCOCCOCCN(C(=O)[C@@H](NS(=O)(=O)c3ccc(C)cc3)C(C)C)CCOCCOCC2)C(C)C)cc1. The highest BCUT2D eigenvalue weighted by molar-refractivity contribution is 7.89. The Balaban J connectivity index is 1.61. The molecule has 292 valence electrons. The predicted octanol–water partition coefficient (Wildman–Crippen LogP) is 2.35. The van der Waals surface area contributed by atoms with Crippen molar-refractivity contribution in [2.24, 2.45) is 11.8 Å². The highest BCUT2D eigenvalue weighted by Gasteiger charge is 2.33. The number of carbonyl (C=O) groups is 2. The van der Waals surface area contributed by atoms with Crippen LogP contribution in [-0.4, -0.2) is 130 Å². The molecule has 14 nitrogen and oxygen atoms in total. The molecule has 2 atom stereocenters. The van der Waals surface area contributed by atoms with Gasteiger partial charge in [-0.1, -0.05) is 63.1 Å². The summed E-state index contributed by atoms with van der Waals surface area (Å²) in [6, 6.07) is 10.9. The summed E-state index contributed by atoms with van der Waals surface area (Å²) in [5.74, 6) is -1.43. The number of benzene rings is 2. The molecule has 52 heavy (non-hydrogen) atoms. The summed E-state index contributed by atoms with van der Waals surface area (Å²) >= 11 is 0. The lowest BCUT2D eigenvalue weighted by atomic mass is 10.0. The number of hydrogen-bond acceptors (Lipinski definition) is 10. The Bertz CT molecular complexity index is 1480. The van der Waals surface area contributed by atoms with Gasteiger partial charge in [0.1, 0.15) is 12.1 Å². The number of aryl methyl sites for hydroxylation is 2. The quantitative estimate of drug-likeness (QED) is 0.366. The Morgan fingerprint density at radius 3 is 1.04 bits per heavy atom. The van der Waals surface area contributed by atoms with E-state index in [9.17, 15) is 26.4 Å². The van der Waals surface area contributed by atoms with Gasteiger partial charge in [0.15, 0.2) is 0 Å². The monoisotopic (exact) mass is 768 g/mol. The van der Waals surface area contributed by atoms with Crippen molar-refractivity contribution < 1.29 is 45.4 Å². The molecule has 1 fully saturated rings. The van der Waals surface area contributed by atoms with Crippen molar-refractivity contribution in [3.05, 3.63) is 59.7 Å². The van der Waals surface area contributed by atoms with Crippen LogP contribution in [0.15, 0.2) is 58.3 Å². The van der Waals surface area contributed by atoms with Gasteiger partial charge in [0, 0.05) is 26.2 Å². The molecule has 0 aromatic heterocycles. The maximum Gasteiger partial charge on any atom is 0.241 e. The standard InChI is InChI=1S/C36H56N4O10S2/c1-27(2)33(37-51(43,44)31-11-7-29(5)8-12-31)35(41)39-15-19-47-23-25-49-21-17-40(18-22-50-26-24-48-20-16-39)36(42)34(28(3)4)38-52(45,46)32-13-9-30(6)10-14-32/h7-14,27-28,33-34,37-38H,15-26H2,1-6H3/t33-,34-/m0/s1. The van der Waals surface area contributed by atoms with Crippen LogP contribution in [-0.2, 0) is 48.6 Å². The Labute approximate surface area is 309 Å². The van der Waals surface area contributed by atoms with Crippen molar-refractivity contribution in [2.45, 2.75) is 63.4 Å². The number of rotatable bonds is 10. The lowest BCUT2D eigenvalue weighted by Gasteiger charge is -2.30. The van der Waals surface area contributed by atoms with Crippen LogP contribution in [0, 0.1) is 25.7 Å². The van der Waals surface area contributed by atoms with E-state index < -0.39 is 32.1 Å². The minimum atomic E-state index is -3.96. The highest BCUT2D eigenvalue weighted by atomic mass is 32.2. The van der Waals surface area contributed by atoms with E-state index in [4.69, 9.17) is 18.9 Å². The van der Waals surface area contributed by atoms with E-state index in [1.807, 2.05) is 13.8 Å². The van der Waals surface area contributed by atoms with Crippen LogP contribution in [0.3, 0.4) is 0 Å². The van der Waals surface area contributed by atoms with E-state index in [1.54, 1.807) is 52.0 Å². The summed E-state index contributed by atoms with van der Waals surface area (Å²) < 4.78 is 80.9. The smallest absolute Gasteiger partial charge is 0.241 e. The van der Waals surface area contributed by atoms with Crippen molar-refractivity contribution in [3.8, 4) is 0 Å². The molecule has 1 aliphatic heterocycles. The van der Waals surface area contributed by atoms with Gasteiger partial charge in [0.2, 0.25) is 31.9 Å². The number of ether oxygens (including phenoxy) is 4. The number of carbonyl (C=O) groups excluding carboxylic acids is 2. The van der Waals surface area contributed by atoms with E-state index in [2.05, 4.69) is 9.44 Å². The van der Waals surface area contributed by atoms with Crippen LogP contribution in [0.2, 0.25) is 0 Å². The van der Waals surface area contributed by atoms with Crippen molar-refractivity contribution in [1.29, 1.82) is 0 Å². The van der Waals surface area contributed by atoms with Crippen LogP contribution >= 0.6 is 0 Å². The third kappa shape index (κ3) is 13.8. The lowest BCUT2D eigenvalue weighted by molar-refractivity contribution is -0.137. The first kappa shape index (κ1) is 43.4. The fourth-order valence-electron chi connectivity index (χ4n) is 5.25. The van der Waals surface area contributed by atoms with Gasteiger partial charge in [0.25, 0.3) is 0 Å². The third-order valence-electron chi connectivity index (χ3n) is 8.48. The number of nitrogens with one attached hydrogen (secondary N) is 2. The molecular formula is C36H56N4O10S2. The molecule has 0 saturated carbocycles. The minimum absolute atomic E-state index is 0.0814. The summed E-state index contributed by atoms with van der Waals surface area (Å²) in [6.07, 6.45) is 0. The zero-order valence-electron chi connectivity index (χ0n) is 31.2. The minimum Gasteiger partial charge on any atom is -0.377 e. The van der Waals surface area contributed by atoms with Crippen molar-refractivity contribution in [2.75, 3.05) is 79.0 Å². The lowest BCUT2D eigenvalue weighted by Crippen LogP contribution is -2.52. The van der Waals surface area contributed by atoms with E-state index in [0.717, 1.165) is 11.1 Å². The second kappa shape index (κ2) is 21.1. The summed E-state index contributed by atoms with van der Waals surface area (Å²) in [5.41, 5.74) is 1.84. The van der Waals surface area contributed by atoms with Gasteiger partial charge in [-0.3, -0.25) is 9.59 Å². The van der Waals surface area contributed by atoms with Crippen LogP contribution in [0.4, 0.5) is 0 Å². The van der Waals surface area contributed by atoms with Crippen molar-refractivity contribution >= 4 is 31.9 Å². The van der Waals surface area contributed by atoms with Gasteiger partial charge in [-0.15, -0.1) is 0 Å². The Morgan fingerprint density at radius 1 is 0.519 bits per heavy atom. The van der Waals surface area contributed by atoms with E-state index in [0.29, 0.717) is 0 Å². The summed E-state index contributed by atoms with van der Waals surface area (Å²) in [6.45, 7) is 13.2. The fraction of sp³-hybridized carbons (Fsp3) is 0.611. The first-order valence-corrected chi connectivity index (χ1v) is 20.7. The van der Waals surface area contributed by atoms with Crippen LogP contribution in [0.1, 0.15) is 38.8 Å². The zero-order valence-corrected chi connectivity index (χ0v) is 32.8. The molecule has 16 heteroatoms. The molecule has 0 bridgehead atoms. The van der Waals surface area contributed by atoms with Crippen molar-refractivity contribution in [1.82, 2.24) is 19.2 Å². The Kier molecular flexibility index (Phi) is 17.6. The molecule has 2 aromatic rings. The highest BCUT2D eigenvalue weighted by Crippen LogP contribution is 2.16. The van der Waals surface area contributed by atoms with Gasteiger partial charge in [-0.05, 0) is 49.9 Å². The first-order valence-electron chi connectivity index (χ1n) is 17.7. The van der Waals surface area contributed by atoms with Crippen LogP contribution in [0.5, 0.6) is 0 Å². The summed E-state index contributed by atoms with van der Waals surface area (Å²) in [7, 11) is -7.91. The molecule has 0 unspecified atom stereocenters. The average Bonchev–Trinajstić information content (AvgIpc) is 3.09. The molecule has 2 aromatic carbocycles. The van der Waals surface area contributed by atoms with E-state index >= 15 is 0 Å². The molecule has 2 amide bonds. The maximum atomic E-state index is 13.7. The molecule has 1 aliphatic rings. The summed E-state index contributed by atoms with van der Waals surface area (Å²) in [5, 5.41) is 0. The topological polar surface area (TPSA) is 170 Å². The molecule has 0 radical (unpaired) electrons. The average molecular weight is 769 g/mol. The third-order valence-corrected chi connectivity index (χ3v) is 11.4. The van der Waals surface area contributed by atoms with Gasteiger partial charge >= 0.3 is 0 Å². The number of hydrogen-bond donors (Lipinski definition) is 2. The number of nitrogens with zero attached hydrogens (tertiary/aromatic N) is 2. The van der Waals surface area contributed by atoms with Gasteiger partial charge < -0.3 is 28.7 Å². The van der Waals surface area contributed by atoms with Crippen LogP contribution < -0.4 is 9.44 Å². The second-order valence-corrected chi connectivity index (χ2v) is 16.8. The predicted molar refractivity (Wildman–Crippen MR) is 197 cm³/mol. The molecule has 0 aliphatic carbocycles. The largest absolute Gasteiger partial charge is 0.377 e. The van der Waals surface area contributed by atoms with Gasteiger partial charge in [0.05, 0.1) is 62.6 Å². The molecule has 1 saturated heterocycles. The molecule has 2 N–H and O–H groups in total. The number of amides is 2. The number of sulfonamides is 2. The van der Waals surface area contributed by atoms with Gasteiger partial charge in [-0.2, -0.15) is 9.44 Å². The zero-order chi connectivity index (χ0) is 38.3. The van der Waals surface area contributed by atoms with Crippen LogP contribution in [0.25, 0.3) is 0 Å². The molecular weight excluding hydrogens is 713 g/mol. The molecule has 1 heterocycles.